The van der Waals surface area contributed by atoms with Gasteiger partial charge in [-0.15, -0.1) is 0 Å². The summed E-state index contributed by atoms with van der Waals surface area (Å²) in [6.07, 6.45) is 2.20. The molecule has 2 rings (SSSR count). The van der Waals surface area contributed by atoms with Crippen molar-refractivity contribution in [1.82, 2.24) is 15.5 Å². The Kier molecular flexibility index (Phi) is 4.84. The fourth-order valence-electron chi connectivity index (χ4n) is 2.49. The van der Waals surface area contributed by atoms with Crippen LogP contribution >= 0.6 is 0 Å². The van der Waals surface area contributed by atoms with Crippen LogP contribution in [-0.4, -0.2) is 45.2 Å². The smallest absolute Gasteiger partial charge is 0.316 e. The number of nitrogens with one attached hydrogen (secondary N) is 2. The molecule has 0 saturated carbocycles. The SMILES string of the molecule is COc1ccc2c(c1)C(NCCNC(=O)N(C)C)CC2. The molecule has 5 nitrogen and oxygen atoms in total. The molecule has 0 aliphatic heterocycles. The van der Waals surface area contributed by atoms with Gasteiger partial charge in [-0.1, -0.05) is 6.07 Å². The molecule has 0 saturated heterocycles. The molecule has 0 aromatic heterocycles. The van der Waals surface area contributed by atoms with Crippen LogP contribution in [0.3, 0.4) is 0 Å². The Balaban J connectivity index is 1.83. The molecule has 2 N–H and O–H groups in total. The number of aryl methyl sites for hydroxylation is 1. The molecule has 1 unspecified atom stereocenters. The number of urea groups is 1. The normalized spacial score (nSPS) is 16.6. The molecule has 0 fully saturated rings. The van der Waals surface area contributed by atoms with E-state index in [2.05, 4.69) is 22.8 Å². The summed E-state index contributed by atoms with van der Waals surface area (Å²) >= 11 is 0. The minimum absolute atomic E-state index is 0.0553. The monoisotopic (exact) mass is 277 g/mol. The van der Waals surface area contributed by atoms with Gasteiger partial charge in [0.05, 0.1) is 7.11 Å². The van der Waals surface area contributed by atoms with E-state index in [0.29, 0.717) is 12.6 Å². The summed E-state index contributed by atoms with van der Waals surface area (Å²) in [5.41, 5.74) is 2.71. The van der Waals surface area contributed by atoms with Gasteiger partial charge in [0.25, 0.3) is 0 Å². The lowest BCUT2D eigenvalue weighted by Gasteiger charge is -2.16. The highest BCUT2D eigenvalue weighted by Crippen LogP contribution is 2.33. The van der Waals surface area contributed by atoms with E-state index in [1.54, 1.807) is 21.2 Å². The van der Waals surface area contributed by atoms with E-state index in [1.807, 2.05) is 6.07 Å². The molecule has 110 valence electrons. The van der Waals surface area contributed by atoms with E-state index in [0.717, 1.165) is 25.1 Å². The van der Waals surface area contributed by atoms with Gasteiger partial charge in [0.2, 0.25) is 0 Å². The number of hydrogen-bond donors (Lipinski definition) is 2. The predicted octanol–water partition coefficient (Wildman–Crippen LogP) is 1.54. The van der Waals surface area contributed by atoms with Gasteiger partial charge in [-0.25, -0.2) is 4.79 Å². The van der Waals surface area contributed by atoms with Crippen LogP contribution in [0, 0.1) is 0 Å². The van der Waals surface area contributed by atoms with Crippen LogP contribution in [0.25, 0.3) is 0 Å². The van der Waals surface area contributed by atoms with E-state index < -0.39 is 0 Å². The zero-order valence-corrected chi connectivity index (χ0v) is 12.4. The first-order chi connectivity index (χ1) is 9.61. The Bertz CT molecular complexity index is 474. The van der Waals surface area contributed by atoms with Crippen molar-refractivity contribution in [2.45, 2.75) is 18.9 Å². The third-order valence-corrected chi connectivity index (χ3v) is 3.63. The maximum absolute atomic E-state index is 11.4. The van der Waals surface area contributed by atoms with Crippen molar-refractivity contribution in [2.24, 2.45) is 0 Å². The van der Waals surface area contributed by atoms with E-state index in [-0.39, 0.29) is 6.03 Å². The number of benzene rings is 1. The Morgan fingerprint density at radius 2 is 2.20 bits per heavy atom. The second-order valence-electron chi connectivity index (χ2n) is 5.24. The number of ether oxygens (including phenoxy) is 1. The highest BCUT2D eigenvalue weighted by atomic mass is 16.5. The van der Waals surface area contributed by atoms with Crippen LogP contribution in [-0.2, 0) is 6.42 Å². The van der Waals surface area contributed by atoms with Crippen LogP contribution in [0.2, 0.25) is 0 Å². The first kappa shape index (κ1) is 14.7. The number of carbonyl (C=O) groups excluding carboxylic acids is 1. The number of methoxy groups -OCH3 is 1. The van der Waals surface area contributed by atoms with Crippen molar-refractivity contribution in [3.63, 3.8) is 0 Å². The molecule has 0 heterocycles. The van der Waals surface area contributed by atoms with Crippen molar-refractivity contribution >= 4 is 6.03 Å². The number of nitrogens with zero attached hydrogens (tertiary/aromatic N) is 1. The largest absolute Gasteiger partial charge is 0.497 e. The number of carbonyl (C=O) groups is 1. The van der Waals surface area contributed by atoms with Gasteiger partial charge in [-0.05, 0) is 36.1 Å². The van der Waals surface area contributed by atoms with Gasteiger partial charge in [0.1, 0.15) is 5.75 Å². The van der Waals surface area contributed by atoms with Gasteiger partial charge in [0.15, 0.2) is 0 Å². The van der Waals surface area contributed by atoms with Crippen molar-refractivity contribution in [3.8, 4) is 5.75 Å². The first-order valence-electron chi connectivity index (χ1n) is 6.97. The van der Waals surface area contributed by atoms with Crippen LogP contribution in [0.5, 0.6) is 5.75 Å². The molecule has 0 radical (unpaired) electrons. The minimum Gasteiger partial charge on any atom is -0.497 e. The zero-order chi connectivity index (χ0) is 14.5. The highest BCUT2D eigenvalue weighted by Gasteiger charge is 2.22. The first-order valence-corrected chi connectivity index (χ1v) is 6.97. The number of rotatable bonds is 5. The second kappa shape index (κ2) is 6.61. The van der Waals surface area contributed by atoms with E-state index in [1.165, 1.54) is 16.0 Å². The third-order valence-electron chi connectivity index (χ3n) is 3.63. The third kappa shape index (κ3) is 3.42. The maximum Gasteiger partial charge on any atom is 0.316 e. The Morgan fingerprint density at radius 1 is 1.40 bits per heavy atom. The van der Waals surface area contributed by atoms with E-state index in [4.69, 9.17) is 4.74 Å². The van der Waals surface area contributed by atoms with E-state index in [9.17, 15) is 4.79 Å². The van der Waals surface area contributed by atoms with Crippen LogP contribution in [0.4, 0.5) is 4.79 Å². The molecular formula is C15H23N3O2. The molecule has 1 aromatic carbocycles. The summed E-state index contributed by atoms with van der Waals surface area (Å²) in [5, 5.41) is 6.35. The fourth-order valence-corrected chi connectivity index (χ4v) is 2.49. The summed E-state index contributed by atoms with van der Waals surface area (Å²) in [6.45, 7) is 1.40. The lowest BCUT2D eigenvalue weighted by atomic mass is 10.1. The van der Waals surface area contributed by atoms with Gasteiger partial charge in [0, 0.05) is 33.2 Å². The summed E-state index contributed by atoms with van der Waals surface area (Å²) in [5.74, 6) is 0.901. The fraction of sp³-hybridized carbons (Fsp3) is 0.533. The standard InChI is InChI=1S/C15H23N3O2/c1-18(2)15(19)17-9-8-16-14-7-5-11-4-6-12(20-3)10-13(11)14/h4,6,10,14,16H,5,7-9H2,1-3H3,(H,17,19). The molecule has 0 spiro atoms. The van der Waals surface area contributed by atoms with Gasteiger partial charge in [-0.3, -0.25) is 0 Å². The van der Waals surface area contributed by atoms with Crippen LogP contribution < -0.4 is 15.4 Å². The van der Waals surface area contributed by atoms with Crippen molar-refractivity contribution in [3.05, 3.63) is 29.3 Å². The Labute approximate surface area is 120 Å². The second-order valence-corrected chi connectivity index (χ2v) is 5.24. The molecule has 2 amide bonds. The quantitative estimate of drug-likeness (QED) is 0.803. The molecule has 5 heteroatoms. The summed E-state index contributed by atoms with van der Waals surface area (Å²) in [7, 11) is 5.17. The zero-order valence-electron chi connectivity index (χ0n) is 12.4. The molecule has 20 heavy (non-hydrogen) atoms. The molecule has 1 aliphatic carbocycles. The maximum atomic E-state index is 11.4. The number of amides is 2. The average Bonchev–Trinajstić information content (AvgIpc) is 2.85. The van der Waals surface area contributed by atoms with Crippen molar-refractivity contribution < 1.29 is 9.53 Å². The summed E-state index contributed by atoms with van der Waals surface area (Å²) in [4.78, 5) is 12.9. The Hall–Kier alpha value is -1.75. The number of fused-ring (bicyclic) bond motifs is 1. The predicted molar refractivity (Wildman–Crippen MR) is 79.1 cm³/mol. The lowest BCUT2D eigenvalue weighted by Crippen LogP contribution is -2.38. The van der Waals surface area contributed by atoms with Crippen LogP contribution in [0.1, 0.15) is 23.6 Å². The highest BCUT2D eigenvalue weighted by molar-refractivity contribution is 5.73. The van der Waals surface area contributed by atoms with Crippen LogP contribution in [0.15, 0.2) is 18.2 Å². The topological polar surface area (TPSA) is 53.6 Å². The van der Waals surface area contributed by atoms with Gasteiger partial charge >= 0.3 is 6.03 Å². The van der Waals surface area contributed by atoms with Gasteiger partial charge < -0.3 is 20.3 Å². The van der Waals surface area contributed by atoms with Gasteiger partial charge in [-0.2, -0.15) is 0 Å². The van der Waals surface area contributed by atoms with Crippen molar-refractivity contribution in [1.29, 1.82) is 0 Å². The van der Waals surface area contributed by atoms with E-state index >= 15 is 0 Å². The van der Waals surface area contributed by atoms with Crippen molar-refractivity contribution in [2.75, 3.05) is 34.3 Å². The molecule has 1 aliphatic rings. The number of hydrogen-bond acceptors (Lipinski definition) is 3. The lowest BCUT2D eigenvalue weighted by molar-refractivity contribution is 0.217. The average molecular weight is 277 g/mol. The molecule has 0 bridgehead atoms. The summed E-state index contributed by atoms with van der Waals surface area (Å²) < 4.78 is 5.28. The molecule has 1 atom stereocenters. The minimum atomic E-state index is -0.0553. The Morgan fingerprint density at radius 3 is 2.90 bits per heavy atom. The molecular weight excluding hydrogens is 254 g/mol. The summed E-state index contributed by atoms with van der Waals surface area (Å²) in [6, 6.07) is 6.57. The molecule has 1 aromatic rings.